The van der Waals surface area contributed by atoms with E-state index in [0.717, 1.165) is 29.0 Å². The summed E-state index contributed by atoms with van der Waals surface area (Å²) >= 11 is 1.03. The Hall–Kier alpha value is -1.55. The number of hydrogen-bond acceptors (Lipinski definition) is 7. The predicted molar refractivity (Wildman–Crippen MR) is 92.5 cm³/mol. The first-order valence-electron chi connectivity index (χ1n) is 7.69. The van der Waals surface area contributed by atoms with Crippen molar-refractivity contribution in [2.45, 2.75) is 36.6 Å². The summed E-state index contributed by atoms with van der Waals surface area (Å²) in [6.45, 7) is 4.41. The van der Waals surface area contributed by atoms with Gasteiger partial charge in [0, 0.05) is 30.9 Å². The van der Waals surface area contributed by atoms with Gasteiger partial charge >= 0.3 is 0 Å². The van der Waals surface area contributed by atoms with Crippen LogP contribution in [0.25, 0.3) is 0 Å². The van der Waals surface area contributed by atoms with Gasteiger partial charge in [-0.25, -0.2) is 13.4 Å². The quantitative estimate of drug-likeness (QED) is 0.781. The molecule has 3 heterocycles. The summed E-state index contributed by atoms with van der Waals surface area (Å²) in [5.41, 5.74) is 2.02. The second-order valence-corrected chi connectivity index (χ2v) is 9.08. The standard InChI is InChI=1S/C15H20N4O3S2/c1-10-3-4-12(7-16-10)13-5-6-19(9-13)24(21,22)14-8-17-15(23-14)18-11(2)20/h3-4,7-8,11,13,20H,5-6,9H2,1-2H3,(H,17,18). The number of aryl methyl sites for hydroxylation is 1. The molecule has 0 aromatic carbocycles. The Kier molecular flexibility index (Phi) is 4.86. The van der Waals surface area contributed by atoms with E-state index in [1.165, 1.54) is 10.5 Å². The SMILES string of the molecule is Cc1ccc(C2CCN(S(=O)(=O)c3cnc(NC(C)O)s3)C2)cn1. The number of pyridine rings is 1. The maximum atomic E-state index is 12.8. The molecule has 3 rings (SSSR count). The lowest BCUT2D eigenvalue weighted by Gasteiger charge is -2.15. The molecule has 7 nitrogen and oxygen atoms in total. The zero-order valence-corrected chi connectivity index (χ0v) is 15.1. The van der Waals surface area contributed by atoms with Crippen molar-refractivity contribution in [3.63, 3.8) is 0 Å². The fourth-order valence-electron chi connectivity index (χ4n) is 2.69. The fraction of sp³-hybridized carbons (Fsp3) is 0.467. The molecule has 2 N–H and O–H groups in total. The minimum absolute atomic E-state index is 0.163. The smallest absolute Gasteiger partial charge is 0.254 e. The highest BCUT2D eigenvalue weighted by atomic mass is 32.2. The molecular formula is C15H20N4O3S2. The molecule has 24 heavy (non-hydrogen) atoms. The van der Waals surface area contributed by atoms with Crippen molar-refractivity contribution in [3.8, 4) is 0 Å². The molecule has 1 fully saturated rings. The number of nitrogens with zero attached hydrogens (tertiary/aromatic N) is 3. The number of hydrogen-bond donors (Lipinski definition) is 2. The van der Waals surface area contributed by atoms with Gasteiger partial charge in [0.05, 0.1) is 6.20 Å². The zero-order chi connectivity index (χ0) is 17.3. The van der Waals surface area contributed by atoms with Gasteiger partial charge in [0.2, 0.25) is 0 Å². The Morgan fingerprint density at radius 1 is 1.38 bits per heavy atom. The number of sulfonamides is 1. The molecule has 0 saturated carbocycles. The van der Waals surface area contributed by atoms with Gasteiger partial charge in [-0.3, -0.25) is 4.98 Å². The lowest BCUT2D eigenvalue weighted by atomic mass is 10.0. The summed E-state index contributed by atoms with van der Waals surface area (Å²) in [6, 6.07) is 3.96. The van der Waals surface area contributed by atoms with Crippen LogP contribution in [0, 0.1) is 6.92 Å². The van der Waals surface area contributed by atoms with E-state index in [-0.39, 0.29) is 10.1 Å². The molecular weight excluding hydrogens is 348 g/mol. The second kappa shape index (κ2) is 6.75. The topological polar surface area (TPSA) is 95.4 Å². The molecule has 0 bridgehead atoms. The number of aliphatic hydroxyl groups excluding tert-OH is 1. The zero-order valence-electron chi connectivity index (χ0n) is 13.5. The van der Waals surface area contributed by atoms with Crippen LogP contribution < -0.4 is 5.32 Å². The number of anilines is 1. The van der Waals surface area contributed by atoms with Crippen LogP contribution in [0.1, 0.15) is 30.5 Å². The van der Waals surface area contributed by atoms with E-state index in [1.54, 1.807) is 6.92 Å². The molecule has 1 aliphatic heterocycles. The Morgan fingerprint density at radius 3 is 2.83 bits per heavy atom. The van der Waals surface area contributed by atoms with Crippen LogP contribution in [-0.4, -0.2) is 47.1 Å². The molecule has 2 aromatic heterocycles. The van der Waals surface area contributed by atoms with Crippen LogP contribution in [0.4, 0.5) is 5.13 Å². The van der Waals surface area contributed by atoms with Gasteiger partial charge in [0.25, 0.3) is 10.0 Å². The van der Waals surface area contributed by atoms with Gasteiger partial charge in [-0.2, -0.15) is 4.31 Å². The molecule has 1 aliphatic rings. The summed E-state index contributed by atoms with van der Waals surface area (Å²) in [4.78, 5) is 8.30. The highest BCUT2D eigenvalue weighted by Gasteiger charge is 2.34. The van der Waals surface area contributed by atoms with E-state index in [4.69, 9.17) is 0 Å². The monoisotopic (exact) mass is 368 g/mol. The lowest BCUT2D eigenvalue weighted by molar-refractivity contribution is 0.224. The van der Waals surface area contributed by atoms with E-state index in [0.29, 0.717) is 18.2 Å². The van der Waals surface area contributed by atoms with E-state index < -0.39 is 16.3 Å². The maximum absolute atomic E-state index is 12.8. The molecule has 9 heteroatoms. The van der Waals surface area contributed by atoms with Crippen molar-refractivity contribution < 1.29 is 13.5 Å². The van der Waals surface area contributed by atoms with Crippen LogP contribution in [0.15, 0.2) is 28.7 Å². The van der Waals surface area contributed by atoms with Crippen molar-refractivity contribution in [2.75, 3.05) is 18.4 Å². The first kappa shape index (κ1) is 17.3. The highest BCUT2D eigenvalue weighted by Crippen LogP contribution is 2.33. The summed E-state index contributed by atoms with van der Waals surface area (Å²) in [5, 5.41) is 12.4. The van der Waals surface area contributed by atoms with Crippen LogP contribution in [0.5, 0.6) is 0 Å². The average Bonchev–Trinajstić information content (AvgIpc) is 3.17. The number of rotatable bonds is 5. The molecule has 0 amide bonds. The third-order valence-electron chi connectivity index (χ3n) is 3.97. The largest absolute Gasteiger partial charge is 0.374 e. The summed E-state index contributed by atoms with van der Waals surface area (Å²) < 4.78 is 27.2. The third kappa shape index (κ3) is 3.59. The minimum atomic E-state index is -3.56. The number of nitrogens with one attached hydrogen (secondary N) is 1. The third-order valence-corrected chi connectivity index (χ3v) is 7.20. The van der Waals surface area contributed by atoms with Gasteiger partial charge in [-0.05, 0) is 31.9 Å². The molecule has 0 aliphatic carbocycles. The van der Waals surface area contributed by atoms with E-state index in [1.807, 2.05) is 25.3 Å². The van der Waals surface area contributed by atoms with Gasteiger partial charge in [0.15, 0.2) is 9.34 Å². The normalized spacial score (nSPS) is 20.2. The van der Waals surface area contributed by atoms with Crippen LogP contribution in [0.2, 0.25) is 0 Å². The molecule has 0 radical (unpaired) electrons. The predicted octanol–water partition coefficient (Wildman–Crippen LogP) is 1.77. The summed E-state index contributed by atoms with van der Waals surface area (Å²) in [7, 11) is -3.56. The number of thiazole rings is 1. The Balaban J connectivity index is 1.74. The van der Waals surface area contributed by atoms with Crippen LogP contribution in [0.3, 0.4) is 0 Å². The maximum Gasteiger partial charge on any atom is 0.254 e. The van der Waals surface area contributed by atoms with Crippen molar-refractivity contribution in [2.24, 2.45) is 0 Å². The van der Waals surface area contributed by atoms with Gasteiger partial charge in [0.1, 0.15) is 6.23 Å². The minimum Gasteiger partial charge on any atom is -0.374 e. The second-order valence-electron chi connectivity index (χ2n) is 5.89. The van der Waals surface area contributed by atoms with Crippen LogP contribution in [-0.2, 0) is 10.0 Å². The fourth-order valence-corrected chi connectivity index (χ4v) is 5.46. The highest BCUT2D eigenvalue weighted by molar-refractivity contribution is 7.91. The van der Waals surface area contributed by atoms with Crippen molar-refractivity contribution in [3.05, 3.63) is 35.8 Å². The van der Waals surface area contributed by atoms with Crippen molar-refractivity contribution in [1.29, 1.82) is 0 Å². The number of aromatic nitrogens is 2. The Morgan fingerprint density at radius 2 is 2.17 bits per heavy atom. The molecule has 1 saturated heterocycles. The summed E-state index contributed by atoms with van der Waals surface area (Å²) in [5.74, 6) is 0.163. The molecule has 130 valence electrons. The van der Waals surface area contributed by atoms with E-state index in [9.17, 15) is 13.5 Å². The van der Waals surface area contributed by atoms with Crippen molar-refractivity contribution >= 4 is 26.5 Å². The first-order valence-corrected chi connectivity index (χ1v) is 9.95. The van der Waals surface area contributed by atoms with Crippen molar-refractivity contribution in [1.82, 2.24) is 14.3 Å². The lowest BCUT2D eigenvalue weighted by Crippen LogP contribution is -2.28. The molecule has 0 spiro atoms. The van der Waals surface area contributed by atoms with Gasteiger partial charge in [-0.1, -0.05) is 17.4 Å². The first-order chi connectivity index (χ1) is 11.4. The molecule has 2 aromatic rings. The summed E-state index contributed by atoms with van der Waals surface area (Å²) in [6.07, 6.45) is 3.16. The number of aliphatic hydroxyl groups is 1. The molecule has 2 unspecified atom stereocenters. The van der Waals surface area contributed by atoms with Gasteiger partial charge in [-0.15, -0.1) is 0 Å². The van der Waals surface area contributed by atoms with Gasteiger partial charge < -0.3 is 10.4 Å². The van der Waals surface area contributed by atoms with Crippen LogP contribution >= 0.6 is 11.3 Å². The van der Waals surface area contributed by atoms with E-state index >= 15 is 0 Å². The average molecular weight is 368 g/mol. The Labute approximate surface area is 145 Å². The van der Waals surface area contributed by atoms with E-state index in [2.05, 4.69) is 15.3 Å². The molecule has 2 atom stereocenters. The Bertz CT molecular complexity index is 802.